The van der Waals surface area contributed by atoms with Crippen LogP contribution in [0.5, 0.6) is 0 Å². The summed E-state index contributed by atoms with van der Waals surface area (Å²) in [6.45, 7) is 10.9. The van der Waals surface area contributed by atoms with Crippen molar-refractivity contribution in [3.05, 3.63) is 40.6 Å². The van der Waals surface area contributed by atoms with Gasteiger partial charge in [-0.15, -0.1) is 0 Å². The molecule has 0 bridgehead atoms. The molecule has 100 valence electrons. The maximum absolute atomic E-state index is 12.6. The summed E-state index contributed by atoms with van der Waals surface area (Å²) in [6.07, 6.45) is 3.28. The summed E-state index contributed by atoms with van der Waals surface area (Å²) >= 11 is 0. The van der Waals surface area contributed by atoms with Gasteiger partial charge >= 0.3 is 0 Å². The zero-order valence-electron chi connectivity index (χ0n) is 12.4. The van der Waals surface area contributed by atoms with Crippen molar-refractivity contribution in [1.29, 1.82) is 0 Å². The predicted molar refractivity (Wildman–Crippen MR) is 79.6 cm³/mol. The van der Waals surface area contributed by atoms with Crippen molar-refractivity contribution < 1.29 is 4.74 Å². The SMILES string of the molecule is Cc1ccc2c(c1)[N+]([O-])=C1C2=CC(C)(C)CC1(C)C. The Morgan fingerprint density at radius 3 is 2.53 bits per heavy atom. The van der Waals surface area contributed by atoms with E-state index in [0.717, 1.165) is 39.3 Å². The van der Waals surface area contributed by atoms with Gasteiger partial charge < -0.3 is 5.21 Å². The molecule has 0 N–H and O–H groups in total. The van der Waals surface area contributed by atoms with E-state index in [1.807, 2.05) is 13.0 Å². The highest BCUT2D eigenvalue weighted by molar-refractivity contribution is 6.27. The Bertz CT molecular complexity index is 633. The molecule has 0 unspecified atom stereocenters. The first kappa shape index (κ1) is 12.5. The molecule has 1 aromatic carbocycles. The van der Waals surface area contributed by atoms with Gasteiger partial charge in [-0.3, -0.25) is 0 Å². The van der Waals surface area contributed by atoms with Gasteiger partial charge in [-0.05, 0) is 44.2 Å². The first-order valence-corrected chi connectivity index (χ1v) is 6.90. The molecule has 1 aliphatic heterocycles. The van der Waals surface area contributed by atoms with Gasteiger partial charge in [0.2, 0.25) is 11.4 Å². The van der Waals surface area contributed by atoms with E-state index in [2.05, 4.69) is 45.9 Å². The Kier molecular flexibility index (Phi) is 2.30. The van der Waals surface area contributed by atoms with Crippen molar-refractivity contribution in [3.63, 3.8) is 0 Å². The highest BCUT2D eigenvalue weighted by Crippen LogP contribution is 2.50. The first-order chi connectivity index (χ1) is 8.71. The molecule has 0 radical (unpaired) electrons. The Labute approximate surface area is 115 Å². The Balaban J connectivity index is 2.33. The summed E-state index contributed by atoms with van der Waals surface area (Å²) in [6, 6.07) is 6.18. The van der Waals surface area contributed by atoms with Gasteiger partial charge in [0, 0.05) is 6.07 Å². The molecule has 0 fully saturated rings. The Morgan fingerprint density at radius 2 is 1.84 bits per heavy atom. The van der Waals surface area contributed by atoms with Crippen LogP contribution in [0.4, 0.5) is 5.69 Å². The van der Waals surface area contributed by atoms with Crippen LogP contribution in [-0.2, 0) is 0 Å². The van der Waals surface area contributed by atoms with Crippen LogP contribution in [0.15, 0.2) is 24.3 Å². The van der Waals surface area contributed by atoms with Crippen molar-refractivity contribution in [2.75, 3.05) is 0 Å². The average Bonchev–Trinajstić information content (AvgIpc) is 2.49. The van der Waals surface area contributed by atoms with E-state index in [9.17, 15) is 5.21 Å². The predicted octanol–water partition coefficient (Wildman–Crippen LogP) is 4.43. The summed E-state index contributed by atoms with van der Waals surface area (Å²) in [4.78, 5) is 0. The van der Waals surface area contributed by atoms with Crippen molar-refractivity contribution >= 4 is 17.0 Å². The van der Waals surface area contributed by atoms with Crippen molar-refractivity contribution in [2.24, 2.45) is 10.8 Å². The molecule has 0 aromatic heterocycles. The lowest BCUT2D eigenvalue weighted by Gasteiger charge is -2.36. The van der Waals surface area contributed by atoms with E-state index in [1.54, 1.807) is 0 Å². The number of hydrogen-bond donors (Lipinski definition) is 0. The second-order valence-corrected chi connectivity index (χ2v) is 7.27. The minimum atomic E-state index is -0.0811. The molecule has 0 saturated heterocycles. The zero-order valence-corrected chi connectivity index (χ0v) is 12.4. The molecule has 2 heteroatoms. The molecule has 1 aromatic rings. The molecular weight excluding hydrogens is 234 g/mol. The number of benzene rings is 1. The van der Waals surface area contributed by atoms with E-state index in [0.29, 0.717) is 0 Å². The maximum atomic E-state index is 12.6. The largest absolute Gasteiger partial charge is 0.618 e. The molecule has 1 heterocycles. The molecule has 0 amide bonds. The molecule has 0 atom stereocenters. The monoisotopic (exact) mass is 255 g/mol. The average molecular weight is 255 g/mol. The minimum absolute atomic E-state index is 0.0811. The van der Waals surface area contributed by atoms with E-state index in [-0.39, 0.29) is 10.8 Å². The van der Waals surface area contributed by atoms with Crippen LogP contribution in [-0.4, -0.2) is 10.5 Å². The van der Waals surface area contributed by atoms with Crippen LogP contribution < -0.4 is 0 Å². The van der Waals surface area contributed by atoms with Crippen LogP contribution in [0.2, 0.25) is 0 Å². The van der Waals surface area contributed by atoms with Gasteiger partial charge in [0.05, 0.1) is 16.6 Å². The normalized spacial score (nSPS) is 22.9. The van der Waals surface area contributed by atoms with E-state index in [1.165, 1.54) is 0 Å². The van der Waals surface area contributed by atoms with Crippen molar-refractivity contribution in [3.8, 4) is 0 Å². The highest BCUT2D eigenvalue weighted by Gasteiger charge is 2.48. The van der Waals surface area contributed by atoms with Crippen LogP contribution in [0.3, 0.4) is 0 Å². The molecule has 2 nitrogen and oxygen atoms in total. The Hall–Kier alpha value is -1.57. The Morgan fingerprint density at radius 1 is 1.16 bits per heavy atom. The molecule has 0 saturated carbocycles. The fraction of sp³-hybridized carbons (Fsp3) is 0.471. The lowest BCUT2D eigenvalue weighted by molar-refractivity contribution is -0.361. The standard InChI is InChI=1S/C17H21NO/c1-11-6-7-12-13-9-16(2,3)10-17(4,5)15(13)18(19)14(12)8-11/h6-9H,10H2,1-5H3. The second-order valence-electron chi connectivity index (χ2n) is 7.27. The summed E-state index contributed by atoms with van der Waals surface area (Å²) < 4.78 is 1.16. The highest BCUT2D eigenvalue weighted by atomic mass is 16.5. The van der Waals surface area contributed by atoms with Crippen LogP contribution in [0.25, 0.3) is 5.57 Å². The van der Waals surface area contributed by atoms with Gasteiger partial charge in [0.25, 0.3) is 0 Å². The van der Waals surface area contributed by atoms with Gasteiger partial charge in [-0.25, -0.2) is 0 Å². The number of rotatable bonds is 0. The van der Waals surface area contributed by atoms with Crippen LogP contribution in [0, 0.1) is 23.0 Å². The van der Waals surface area contributed by atoms with Gasteiger partial charge in [0.15, 0.2) is 0 Å². The summed E-state index contributed by atoms with van der Waals surface area (Å²) in [5, 5.41) is 12.6. The second kappa shape index (κ2) is 3.50. The third-order valence-corrected chi connectivity index (χ3v) is 4.19. The first-order valence-electron chi connectivity index (χ1n) is 6.90. The van der Waals surface area contributed by atoms with E-state index < -0.39 is 0 Å². The fourth-order valence-corrected chi connectivity index (χ4v) is 3.84. The third-order valence-electron chi connectivity index (χ3n) is 4.19. The number of fused-ring (bicyclic) bond motifs is 3. The molecule has 0 spiro atoms. The smallest absolute Gasteiger partial charge is 0.225 e. The van der Waals surface area contributed by atoms with E-state index in [4.69, 9.17) is 0 Å². The molecular formula is C17H21NO. The lowest BCUT2D eigenvalue weighted by atomic mass is 9.65. The number of hydrogen-bond acceptors (Lipinski definition) is 1. The zero-order chi connectivity index (χ0) is 14.0. The van der Waals surface area contributed by atoms with Gasteiger partial charge in [0.1, 0.15) is 0 Å². The number of allylic oxidation sites excluding steroid dienone is 2. The number of aryl methyl sites for hydroxylation is 1. The topological polar surface area (TPSA) is 26.1 Å². The van der Waals surface area contributed by atoms with Gasteiger partial charge in [-0.2, -0.15) is 4.74 Å². The summed E-state index contributed by atoms with van der Waals surface area (Å²) in [5.74, 6) is 0. The third kappa shape index (κ3) is 1.73. The van der Waals surface area contributed by atoms with Gasteiger partial charge in [-0.1, -0.05) is 26.0 Å². The van der Waals surface area contributed by atoms with Crippen molar-refractivity contribution in [1.82, 2.24) is 0 Å². The van der Waals surface area contributed by atoms with Crippen LogP contribution >= 0.6 is 0 Å². The number of nitrogens with zero attached hydrogens (tertiary/aromatic N) is 1. The molecule has 3 rings (SSSR count). The molecule has 1 aliphatic carbocycles. The fourth-order valence-electron chi connectivity index (χ4n) is 3.84. The van der Waals surface area contributed by atoms with Crippen LogP contribution in [0.1, 0.15) is 45.2 Å². The molecule has 2 aliphatic rings. The lowest BCUT2D eigenvalue weighted by Crippen LogP contribution is -2.36. The quantitative estimate of drug-likeness (QED) is 0.497. The maximum Gasteiger partial charge on any atom is 0.225 e. The van der Waals surface area contributed by atoms with E-state index >= 15 is 0 Å². The van der Waals surface area contributed by atoms with Crippen molar-refractivity contribution in [2.45, 2.75) is 41.0 Å². The minimum Gasteiger partial charge on any atom is -0.618 e. The summed E-state index contributed by atoms with van der Waals surface area (Å²) in [5.41, 5.74) is 5.18. The molecule has 19 heavy (non-hydrogen) atoms. The summed E-state index contributed by atoms with van der Waals surface area (Å²) in [7, 11) is 0.